The number of ether oxygens (including phenoxy) is 5. The third-order valence-corrected chi connectivity index (χ3v) is 6.40. The maximum absolute atomic E-state index is 11.7. The Labute approximate surface area is 209 Å². The molecule has 3 saturated heterocycles. The lowest BCUT2D eigenvalue weighted by Crippen LogP contribution is -2.67. The topological polar surface area (TPSA) is 274 Å². The summed E-state index contributed by atoms with van der Waals surface area (Å²) in [6.45, 7) is -1.01. The van der Waals surface area contributed by atoms with Crippen LogP contribution in [0.3, 0.4) is 0 Å². The number of hydrogen-bond donors (Lipinski definition) is 10. The second-order valence-electron chi connectivity index (χ2n) is 8.99. The van der Waals surface area contributed by atoms with Crippen LogP contribution in [0.25, 0.3) is 0 Å². The van der Waals surface area contributed by atoms with Crippen LogP contribution in [0.2, 0.25) is 0 Å². The summed E-state index contributed by atoms with van der Waals surface area (Å²) in [5.74, 6) is -2.18. The van der Waals surface area contributed by atoms with E-state index in [1.54, 1.807) is 0 Å². The molecule has 1 amide bonds. The first kappa shape index (κ1) is 30.0. The van der Waals surface area contributed by atoms with Crippen molar-refractivity contribution < 1.29 is 79.2 Å². The van der Waals surface area contributed by atoms with Gasteiger partial charge in [0.2, 0.25) is 5.91 Å². The Hall–Kier alpha value is -1.58. The van der Waals surface area contributed by atoms with Crippen LogP contribution in [-0.2, 0) is 33.3 Å². The second kappa shape index (κ2) is 12.5. The summed E-state index contributed by atoms with van der Waals surface area (Å²) >= 11 is 0. The Bertz CT molecular complexity index is 787. The van der Waals surface area contributed by atoms with Crippen LogP contribution in [0.5, 0.6) is 0 Å². The van der Waals surface area contributed by atoms with E-state index in [-0.39, 0.29) is 0 Å². The van der Waals surface area contributed by atoms with E-state index in [4.69, 9.17) is 28.8 Å². The molecule has 37 heavy (non-hydrogen) atoms. The summed E-state index contributed by atoms with van der Waals surface area (Å²) in [4.78, 5) is 22.8. The number of amides is 1. The highest BCUT2D eigenvalue weighted by Crippen LogP contribution is 2.31. The molecule has 0 aliphatic carbocycles. The van der Waals surface area contributed by atoms with Gasteiger partial charge in [-0.2, -0.15) is 0 Å². The van der Waals surface area contributed by atoms with Gasteiger partial charge in [0.25, 0.3) is 0 Å². The third kappa shape index (κ3) is 6.36. The summed E-state index contributed by atoms with van der Waals surface area (Å²) in [5.41, 5.74) is 0. The molecule has 17 heteroatoms. The molecule has 0 aromatic carbocycles. The number of aliphatic hydroxyl groups is 8. The van der Waals surface area contributed by atoms with Gasteiger partial charge in [-0.15, -0.1) is 0 Å². The van der Waals surface area contributed by atoms with E-state index in [9.17, 15) is 50.4 Å². The Balaban J connectivity index is 1.80. The number of aliphatic carboxylic acids is 1. The van der Waals surface area contributed by atoms with E-state index in [0.717, 1.165) is 6.92 Å². The van der Waals surface area contributed by atoms with Crippen molar-refractivity contribution >= 4 is 11.9 Å². The maximum atomic E-state index is 11.7. The van der Waals surface area contributed by atoms with Crippen molar-refractivity contribution in [3.63, 3.8) is 0 Å². The molecule has 14 atom stereocenters. The first-order valence-corrected chi connectivity index (χ1v) is 11.4. The highest BCUT2D eigenvalue weighted by Gasteiger charge is 2.52. The van der Waals surface area contributed by atoms with E-state index in [1.807, 2.05) is 0 Å². The van der Waals surface area contributed by atoms with Gasteiger partial charge in [0.15, 0.2) is 18.7 Å². The van der Waals surface area contributed by atoms with Crippen LogP contribution in [-0.4, -0.2) is 163 Å². The SMILES string of the molecule is CC(=O)N[C@H]1[C@H](O[C@H]2[C@H](OC[C@H]3O[C@H](C(=O)O)[C@@H](O)[C@@H]3O)O[C@H](CO)[C@H](O)[C@@H]2O)O[C@H](CO)[C@@H](O)[C@@H]1O. The monoisotopic (exact) mass is 543 g/mol. The van der Waals surface area contributed by atoms with E-state index in [2.05, 4.69) is 5.32 Å². The highest BCUT2D eigenvalue weighted by molar-refractivity contribution is 5.74. The number of hydrogen-bond acceptors (Lipinski definition) is 15. The molecule has 10 N–H and O–H groups in total. The Morgan fingerprint density at radius 3 is 1.81 bits per heavy atom. The predicted molar refractivity (Wildman–Crippen MR) is 112 cm³/mol. The molecule has 0 aromatic heterocycles. The lowest BCUT2D eigenvalue weighted by molar-refractivity contribution is -0.357. The van der Waals surface area contributed by atoms with Crippen molar-refractivity contribution in [2.24, 2.45) is 0 Å². The van der Waals surface area contributed by atoms with Crippen molar-refractivity contribution in [1.82, 2.24) is 5.32 Å². The normalized spacial score (nSPS) is 46.5. The van der Waals surface area contributed by atoms with Gasteiger partial charge in [0.1, 0.15) is 67.1 Å². The number of carbonyl (C=O) groups excluding carboxylic acids is 1. The van der Waals surface area contributed by atoms with Crippen LogP contribution in [0.4, 0.5) is 0 Å². The average Bonchev–Trinajstić information content (AvgIpc) is 3.14. The number of nitrogens with one attached hydrogen (secondary N) is 1. The summed E-state index contributed by atoms with van der Waals surface area (Å²) in [5, 5.41) is 92.0. The molecule has 214 valence electrons. The van der Waals surface area contributed by atoms with Crippen molar-refractivity contribution in [3.8, 4) is 0 Å². The smallest absolute Gasteiger partial charge is 0.335 e. The molecule has 3 aliphatic heterocycles. The largest absolute Gasteiger partial charge is 0.479 e. The van der Waals surface area contributed by atoms with Gasteiger partial charge in [0, 0.05) is 6.92 Å². The van der Waals surface area contributed by atoms with Crippen LogP contribution >= 0.6 is 0 Å². The standard InChI is InChI=1S/C20H33NO16/c1-5(24)21-9-13(28)10(25)6(2-22)35-19(9)37-17-15(30)11(26)7(3-23)36-20(17)33-4-8-12(27)14(29)16(34-8)18(31)32/h6-17,19-20,22-23,25-30H,2-4H2,1H3,(H,21,24)(H,31,32)/t6-,7-,8-,9-,10-,11+,12-,13-,14+,15+,16+,17-,19+,20-/m1/s1. The van der Waals surface area contributed by atoms with Gasteiger partial charge >= 0.3 is 5.97 Å². The van der Waals surface area contributed by atoms with Crippen LogP contribution < -0.4 is 5.32 Å². The number of carbonyl (C=O) groups is 2. The van der Waals surface area contributed by atoms with Crippen LogP contribution in [0, 0.1) is 0 Å². The zero-order valence-corrected chi connectivity index (χ0v) is 19.6. The van der Waals surface area contributed by atoms with E-state index >= 15 is 0 Å². The first-order valence-electron chi connectivity index (χ1n) is 11.4. The number of carboxylic acid groups (broad SMARTS) is 1. The molecule has 0 radical (unpaired) electrons. The third-order valence-electron chi connectivity index (χ3n) is 6.40. The first-order chi connectivity index (χ1) is 17.4. The Kier molecular flexibility index (Phi) is 10.1. The molecule has 0 unspecified atom stereocenters. The predicted octanol–water partition coefficient (Wildman–Crippen LogP) is -6.66. The maximum Gasteiger partial charge on any atom is 0.335 e. The van der Waals surface area contributed by atoms with E-state index in [1.165, 1.54) is 0 Å². The minimum absolute atomic E-state index is 0.602. The van der Waals surface area contributed by atoms with Gasteiger partial charge in [-0.1, -0.05) is 0 Å². The molecule has 0 aromatic rings. The van der Waals surface area contributed by atoms with Gasteiger partial charge in [-0.25, -0.2) is 4.79 Å². The lowest BCUT2D eigenvalue weighted by atomic mass is 9.95. The quantitative estimate of drug-likeness (QED) is 0.129. The highest BCUT2D eigenvalue weighted by atomic mass is 16.8. The van der Waals surface area contributed by atoms with E-state index in [0.29, 0.717) is 0 Å². The Morgan fingerprint density at radius 1 is 0.757 bits per heavy atom. The van der Waals surface area contributed by atoms with Gasteiger partial charge in [0.05, 0.1) is 19.8 Å². The van der Waals surface area contributed by atoms with Crippen LogP contribution in [0.15, 0.2) is 0 Å². The fourth-order valence-corrected chi connectivity index (χ4v) is 4.36. The molecule has 17 nitrogen and oxygen atoms in total. The second-order valence-corrected chi connectivity index (χ2v) is 8.99. The Morgan fingerprint density at radius 2 is 1.30 bits per heavy atom. The number of rotatable bonds is 9. The molecule has 0 spiro atoms. The molecular weight excluding hydrogens is 510 g/mol. The molecule has 3 aliphatic rings. The van der Waals surface area contributed by atoms with Crippen molar-refractivity contribution in [2.75, 3.05) is 19.8 Å². The van der Waals surface area contributed by atoms with Crippen molar-refractivity contribution in [3.05, 3.63) is 0 Å². The zero-order chi connectivity index (χ0) is 27.6. The van der Waals surface area contributed by atoms with Gasteiger partial charge in [-0.3, -0.25) is 4.79 Å². The van der Waals surface area contributed by atoms with E-state index < -0.39 is 117 Å². The van der Waals surface area contributed by atoms with Crippen LogP contribution in [0.1, 0.15) is 6.92 Å². The zero-order valence-electron chi connectivity index (χ0n) is 19.6. The average molecular weight is 543 g/mol. The lowest BCUT2D eigenvalue weighted by Gasteiger charge is -2.47. The molecule has 3 heterocycles. The van der Waals surface area contributed by atoms with Gasteiger partial charge in [-0.05, 0) is 0 Å². The van der Waals surface area contributed by atoms with Crippen molar-refractivity contribution in [2.45, 2.75) is 92.7 Å². The minimum Gasteiger partial charge on any atom is -0.479 e. The molecule has 3 rings (SSSR count). The fourth-order valence-electron chi connectivity index (χ4n) is 4.36. The number of aliphatic hydroxyl groups excluding tert-OH is 8. The molecule has 3 fully saturated rings. The summed E-state index contributed by atoms with van der Waals surface area (Å²) < 4.78 is 27.2. The van der Waals surface area contributed by atoms with Gasteiger partial charge < -0.3 is 75.0 Å². The minimum atomic E-state index is -1.82. The molecular formula is C20H33NO16. The summed E-state index contributed by atoms with van der Waals surface area (Å²) in [6.07, 6.45) is -21.0. The summed E-state index contributed by atoms with van der Waals surface area (Å²) in [6, 6.07) is -1.41. The molecule has 0 bridgehead atoms. The number of carboxylic acids is 1. The fraction of sp³-hybridized carbons (Fsp3) is 0.900. The van der Waals surface area contributed by atoms with Crippen molar-refractivity contribution in [1.29, 1.82) is 0 Å². The summed E-state index contributed by atoms with van der Waals surface area (Å²) in [7, 11) is 0. The molecule has 0 saturated carbocycles.